The Balaban J connectivity index is 1.45. The summed E-state index contributed by atoms with van der Waals surface area (Å²) in [6, 6.07) is 6.42. The first-order chi connectivity index (χ1) is 13.9. The van der Waals surface area contributed by atoms with Crippen LogP contribution in [0.1, 0.15) is 26.9 Å². The lowest BCUT2D eigenvalue weighted by atomic mass is 10.2. The number of rotatable bonds is 8. The number of aromatic nitrogens is 4. The van der Waals surface area contributed by atoms with Gasteiger partial charge in [-0.05, 0) is 23.1 Å². The van der Waals surface area contributed by atoms with Gasteiger partial charge in [0.2, 0.25) is 0 Å². The molecule has 2 N–H and O–H groups in total. The van der Waals surface area contributed by atoms with E-state index in [1.165, 1.54) is 35.1 Å². The fourth-order valence-electron chi connectivity index (χ4n) is 2.25. The van der Waals surface area contributed by atoms with Gasteiger partial charge in [-0.1, -0.05) is 11.2 Å². The minimum absolute atomic E-state index is 0.0195. The normalized spacial score (nSPS) is 10.5. The van der Waals surface area contributed by atoms with Crippen molar-refractivity contribution in [3.63, 3.8) is 0 Å². The molecule has 1 aromatic carbocycles. The number of carbonyl (C=O) groups excluding carboxylic acids is 2. The Kier molecular flexibility index (Phi) is 5.87. The molecule has 13 heteroatoms. The average Bonchev–Trinajstić information content (AvgIpc) is 3.35. The van der Waals surface area contributed by atoms with Crippen molar-refractivity contribution in [2.75, 3.05) is 13.1 Å². The average molecular weight is 403 g/mol. The lowest BCUT2D eigenvalue weighted by Crippen LogP contribution is -2.34. The molecule has 0 atom stereocenters. The van der Waals surface area contributed by atoms with Crippen LogP contribution in [0.25, 0.3) is 0 Å². The highest BCUT2D eigenvalue weighted by atomic mass is 19.1. The number of nitrogens with zero attached hydrogens (tertiary/aromatic N) is 5. The Labute approximate surface area is 161 Å². The van der Waals surface area contributed by atoms with Gasteiger partial charge in [0, 0.05) is 18.7 Å². The van der Waals surface area contributed by atoms with Gasteiger partial charge >= 0.3 is 17.6 Å². The molecule has 0 unspecified atom stereocenters. The monoisotopic (exact) mass is 403 g/mol. The Hall–Kier alpha value is -4.16. The van der Waals surface area contributed by atoms with Gasteiger partial charge in [-0.2, -0.15) is 9.67 Å². The number of hydrogen-bond donors (Lipinski definition) is 2. The van der Waals surface area contributed by atoms with Crippen molar-refractivity contribution in [2.45, 2.75) is 6.54 Å². The molecular formula is C16H14FN7O5. The van der Waals surface area contributed by atoms with Crippen molar-refractivity contribution in [1.82, 2.24) is 30.6 Å². The van der Waals surface area contributed by atoms with Gasteiger partial charge in [0.15, 0.2) is 5.82 Å². The summed E-state index contributed by atoms with van der Waals surface area (Å²) in [4.78, 5) is 37.7. The summed E-state index contributed by atoms with van der Waals surface area (Å²) >= 11 is 0. The molecule has 0 bridgehead atoms. The standard InChI is InChI=1S/C16H14FN7O5/c17-11-3-1-2-10(8-11)14(25)18-5-6-19-15(26)16-20-12(22-29-16)9-23-7-4-13(21-23)24(27)28/h1-4,7-8H,5-6,9H2,(H,18,25)(H,19,26). The van der Waals surface area contributed by atoms with Gasteiger partial charge in [-0.25, -0.2) is 4.39 Å². The fourth-order valence-corrected chi connectivity index (χ4v) is 2.25. The molecule has 29 heavy (non-hydrogen) atoms. The van der Waals surface area contributed by atoms with Crippen molar-refractivity contribution in [1.29, 1.82) is 0 Å². The van der Waals surface area contributed by atoms with Crippen LogP contribution in [0, 0.1) is 15.9 Å². The van der Waals surface area contributed by atoms with Crippen molar-refractivity contribution in [3.8, 4) is 0 Å². The van der Waals surface area contributed by atoms with Crippen LogP contribution in [0.5, 0.6) is 0 Å². The van der Waals surface area contributed by atoms with E-state index in [4.69, 9.17) is 4.52 Å². The van der Waals surface area contributed by atoms with Crippen LogP contribution >= 0.6 is 0 Å². The minimum Gasteiger partial charge on any atom is -0.358 e. The largest absolute Gasteiger partial charge is 0.389 e. The summed E-state index contributed by atoms with van der Waals surface area (Å²) in [7, 11) is 0. The van der Waals surface area contributed by atoms with Crippen LogP contribution in [0.2, 0.25) is 0 Å². The molecule has 3 rings (SSSR count). The first-order valence-electron chi connectivity index (χ1n) is 8.25. The summed E-state index contributed by atoms with van der Waals surface area (Å²) in [5, 5.41) is 22.9. The first-order valence-corrected chi connectivity index (χ1v) is 8.25. The number of benzene rings is 1. The van der Waals surface area contributed by atoms with E-state index in [0.717, 1.165) is 6.07 Å². The topological polar surface area (TPSA) is 158 Å². The number of halogens is 1. The van der Waals surface area contributed by atoms with Gasteiger partial charge in [-0.15, -0.1) is 0 Å². The molecule has 12 nitrogen and oxygen atoms in total. The Morgan fingerprint density at radius 1 is 1.21 bits per heavy atom. The second-order valence-electron chi connectivity index (χ2n) is 5.67. The molecule has 150 valence electrons. The van der Waals surface area contributed by atoms with Crippen LogP contribution in [0.15, 0.2) is 41.1 Å². The lowest BCUT2D eigenvalue weighted by molar-refractivity contribution is -0.389. The Morgan fingerprint density at radius 3 is 2.66 bits per heavy atom. The summed E-state index contributed by atoms with van der Waals surface area (Å²) in [6.07, 6.45) is 1.37. The molecule has 0 fully saturated rings. The first kappa shape index (κ1) is 19.6. The smallest absolute Gasteiger partial charge is 0.358 e. The molecule has 0 aliphatic carbocycles. The van der Waals surface area contributed by atoms with Gasteiger partial charge < -0.3 is 25.3 Å². The zero-order chi connectivity index (χ0) is 20.8. The molecule has 2 heterocycles. The highest BCUT2D eigenvalue weighted by Crippen LogP contribution is 2.07. The maximum absolute atomic E-state index is 13.1. The van der Waals surface area contributed by atoms with Gasteiger partial charge in [0.05, 0.1) is 17.4 Å². The third-order valence-electron chi connectivity index (χ3n) is 3.56. The molecule has 0 saturated heterocycles. The summed E-state index contributed by atoms with van der Waals surface area (Å²) in [5.41, 5.74) is 0.164. The Bertz CT molecular complexity index is 1050. The highest BCUT2D eigenvalue weighted by molar-refractivity contribution is 5.94. The van der Waals surface area contributed by atoms with E-state index in [2.05, 4.69) is 25.9 Å². The minimum atomic E-state index is -0.657. The molecule has 0 aliphatic heterocycles. The number of amides is 2. The zero-order valence-electron chi connectivity index (χ0n) is 14.7. The highest BCUT2D eigenvalue weighted by Gasteiger charge is 2.17. The summed E-state index contributed by atoms with van der Waals surface area (Å²) < 4.78 is 19.2. The predicted molar refractivity (Wildman–Crippen MR) is 93.3 cm³/mol. The molecule has 0 radical (unpaired) electrons. The molecule has 0 saturated carbocycles. The van der Waals surface area contributed by atoms with Crippen LogP contribution in [0.4, 0.5) is 10.2 Å². The molecule has 3 aromatic rings. The number of hydrogen-bond acceptors (Lipinski definition) is 8. The molecular weight excluding hydrogens is 389 g/mol. The van der Waals surface area contributed by atoms with E-state index in [0.29, 0.717) is 0 Å². The van der Waals surface area contributed by atoms with Gasteiger partial charge in [-0.3, -0.25) is 9.59 Å². The van der Waals surface area contributed by atoms with E-state index in [9.17, 15) is 24.1 Å². The van der Waals surface area contributed by atoms with Crippen LogP contribution in [-0.2, 0) is 6.54 Å². The summed E-state index contributed by atoms with van der Waals surface area (Å²) in [6.45, 7) is 0.149. The SMILES string of the molecule is O=C(NCCNC(=O)c1nc(Cn2ccc([N+](=O)[O-])n2)no1)c1cccc(F)c1. The van der Waals surface area contributed by atoms with Crippen molar-refractivity contribution in [2.24, 2.45) is 0 Å². The number of nitro groups is 1. The molecule has 2 amide bonds. The van der Waals surface area contributed by atoms with E-state index >= 15 is 0 Å². The van der Waals surface area contributed by atoms with Crippen molar-refractivity contribution < 1.29 is 23.4 Å². The van der Waals surface area contributed by atoms with Crippen LogP contribution in [0.3, 0.4) is 0 Å². The number of nitrogens with one attached hydrogen (secondary N) is 2. The molecule has 2 aromatic heterocycles. The third kappa shape index (κ3) is 5.18. The molecule has 0 spiro atoms. The maximum Gasteiger partial charge on any atom is 0.389 e. The predicted octanol–water partition coefficient (Wildman–Crippen LogP) is 0.522. The van der Waals surface area contributed by atoms with Crippen molar-refractivity contribution in [3.05, 3.63) is 69.7 Å². The third-order valence-corrected chi connectivity index (χ3v) is 3.56. The van der Waals surface area contributed by atoms with E-state index in [1.54, 1.807) is 0 Å². The van der Waals surface area contributed by atoms with E-state index in [-0.39, 0.29) is 42.7 Å². The van der Waals surface area contributed by atoms with Gasteiger partial charge in [0.1, 0.15) is 12.4 Å². The zero-order valence-corrected chi connectivity index (χ0v) is 14.7. The van der Waals surface area contributed by atoms with Crippen LogP contribution < -0.4 is 10.6 Å². The lowest BCUT2D eigenvalue weighted by Gasteiger charge is -2.05. The van der Waals surface area contributed by atoms with Crippen molar-refractivity contribution >= 4 is 17.6 Å². The maximum atomic E-state index is 13.1. The van der Waals surface area contributed by atoms with Crippen LogP contribution in [-0.4, -0.2) is 49.7 Å². The summed E-state index contributed by atoms with van der Waals surface area (Å²) in [5.74, 6) is -2.19. The fraction of sp³-hybridized carbons (Fsp3) is 0.188. The number of carbonyl (C=O) groups is 2. The van der Waals surface area contributed by atoms with E-state index < -0.39 is 22.6 Å². The second-order valence-corrected chi connectivity index (χ2v) is 5.67. The molecule has 0 aliphatic rings. The van der Waals surface area contributed by atoms with Gasteiger partial charge in [0.25, 0.3) is 5.91 Å². The second kappa shape index (κ2) is 8.69. The van der Waals surface area contributed by atoms with E-state index in [1.807, 2.05) is 0 Å². The quantitative estimate of drug-likeness (QED) is 0.313. The Morgan fingerprint density at radius 2 is 1.97 bits per heavy atom.